The number of benzene rings is 3. The van der Waals surface area contributed by atoms with Crippen LogP contribution in [-0.4, -0.2) is 27.5 Å². The van der Waals surface area contributed by atoms with E-state index in [0.717, 1.165) is 0 Å². The molecule has 178 valence electrons. The first-order chi connectivity index (χ1) is 16.8. The molecule has 4 rings (SSSR count). The second-order valence-corrected chi connectivity index (χ2v) is 8.23. The fourth-order valence-electron chi connectivity index (χ4n) is 3.54. The van der Waals surface area contributed by atoms with Crippen LogP contribution in [0.2, 0.25) is 5.02 Å². The molecule has 0 aliphatic carbocycles. The van der Waals surface area contributed by atoms with Crippen molar-refractivity contribution >= 4 is 40.1 Å². The Morgan fingerprint density at radius 1 is 1.09 bits per heavy atom. The first-order valence-electron chi connectivity index (χ1n) is 10.8. The molecule has 0 aliphatic heterocycles. The number of nitrogens with one attached hydrogen (secondary N) is 1. The summed E-state index contributed by atoms with van der Waals surface area (Å²) in [6.07, 6.45) is -1.11. The van der Waals surface area contributed by atoms with Gasteiger partial charge in [-0.2, -0.15) is 0 Å². The summed E-state index contributed by atoms with van der Waals surface area (Å²) >= 11 is 5.92. The molecule has 1 aromatic heterocycles. The van der Waals surface area contributed by atoms with Crippen LogP contribution in [0.5, 0.6) is 0 Å². The Morgan fingerprint density at radius 3 is 2.57 bits per heavy atom. The molecule has 3 aromatic carbocycles. The normalized spacial score (nSPS) is 11.7. The van der Waals surface area contributed by atoms with Crippen molar-refractivity contribution in [2.24, 2.45) is 0 Å². The number of nitrogens with zero attached hydrogens (tertiary/aromatic N) is 2. The van der Waals surface area contributed by atoms with Gasteiger partial charge in [0.2, 0.25) is 0 Å². The summed E-state index contributed by atoms with van der Waals surface area (Å²) in [5, 5.41) is 3.49. The number of esters is 1. The quantitative estimate of drug-likeness (QED) is 0.377. The summed E-state index contributed by atoms with van der Waals surface area (Å²) < 4.78 is 20.1. The molecule has 9 heteroatoms. The molecule has 7 nitrogen and oxygen atoms in total. The van der Waals surface area contributed by atoms with Crippen molar-refractivity contribution in [1.29, 1.82) is 0 Å². The Hall–Kier alpha value is -4.04. The van der Waals surface area contributed by atoms with Crippen LogP contribution >= 0.6 is 11.6 Å². The molecule has 0 bridgehead atoms. The lowest BCUT2D eigenvalue weighted by atomic mass is 10.2. The van der Waals surface area contributed by atoms with E-state index in [-0.39, 0.29) is 18.4 Å². The highest BCUT2D eigenvalue weighted by Crippen LogP contribution is 2.17. The number of aryl methyl sites for hydroxylation is 1. The lowest BCUT2D eigenvalue weighted by Gasteiger charge is -2.15. The maximum atomic E-state index is 13.5. The van der Waals surface area contributed by atoms with E-state index >= 15 is 0 Å². The molecule has 0 spiro atoms. The van der Waals surface area contributed by atoms with Gasteiger partial charge in [-0.15, -0.1) is 0 Å². The average molecular weight is 494 g/mol. The Balaban J connectivity index is 1.50. The summed E-state index contributed by atoms with van der Waals surface area (Å²) in [5.74, 6) is -1.27. The van der Waals surface area contributed by atoms with Crippen molar-refractivity contribution in [2.75, 3.05) is 5.32 Å². The van der Waals surface area contributed by atoms with Crippen LogP contribution < -0.4 is 10.9 Å². The zero-order chi connectivity index (χ0) is 24.9. The summed E-state index contributed by atoms with van der Waals surface area (Å²) in [4.78, 5) is 42.6. The van der Waals surface area contributed by atoms with Gasteiger partial charge in [-0.25, -0.2) is 9.37 Å². The van der Waals surface area contributed by atoms with Gasteiger partial charge in [-0.1, -0.05) is 29.8 Å². The fourth-order valence-corrected chi connectivity index (χ4v) is 3.73. The number of hydrogen-bond donors (Lipinski definition) is 1. The zero-order valence-corrected chi connectivity index (χ0v) is 19.5. The highest BCUT2D eigenvalue weighted by molar-refractivity contribution is 6.30. The van der Waals surface area contributed by atoms with E-state index in [0.29, 0.717) is 33.1 Å². The number of ether oxygens (including phenoxy) is 1. The summed E-state index contributed by atoms with van der Waals surface area (Å²) in [6.45, 7) is 1.46. The van der Waals surface area contributed by atoms with Crippen molar-refractivity contribution in [3.8, 4) is 5.69 Å². The van der Waals surface area contributed by atoms with Gasteiger partial charge in [0, 0.05) is 17.1 Å². The molecule has 1 amide bonds. The number of carbonyl (C=O) groups is 2. The van der Waals surface area contributed by atoms with Gasteiger partial charge in [0.1, 0.15) is 11.6 Å². The molecule has 0 saturated carbocycles. The summed E-state index contributed by atoms with van der Waals surface area (Å²) in [6, 6.07) is 18.9. The van der Waals surface area contributed by atoms with Gasteiger partial charge in [-0.05, 0) is 61.5 Å². The van der Waals surface area contributed by atoms with E-state index in [1.54, 1.807) is 48.5 Å². The van der Waals surface area contributed by atoms with E-state index in [2.05, 4.69) is 10.3 Å². The van der Waals surface area contributed by atoms with Crippen LogP contribution in [0.15, 0.2) is 77.6 Å². The zero-order valence-electron chi connectivity index (χ0n) is 18.7. The lowest BCUT2D eigenvalue weighted by Crippen LogP contribution is -2.30. The number of amides is 1. The highest BCUT2D eigenvalue weighted by Gasteiger charge is 2.20. The molecule has 35 heavy (non-hydrogen) atoms. The van der Waals surface area contributed by atoms with E-state index in [1.807, 2.05) is 0 Å². The number of halogens is 2. The number of anilines is 1. The minimum Gasteiger partial charge on any atom is -0.453 e. The number of aromatic nitrogens is 2. The van der Waals surface area contributed by atoms with E-state index < -0.39 is 23.8 Å². The van der Waals surface area contributed by atoms with E-state index in [9.17, 15) is 18.8 Å². The number of carbonyl (C=O) groups excluding carboxylic acids is 2. The number of rotatable bonds is 7. The van der Waals surface area contributed by atoms with Gasteiger partial charge in [0.05, 0.1) is 23.0 Å². The van der Waals surface area contributed by atoms with Crippen molar-refractivity contribution in [3.63, 3.8) is 0 Å². The minimum atomic E-state index is -1.05. The molecule has 4 aromatic rings. The first-order valence-corrected chi connectivity index (χ1v) is 11.2. The topological polar surface area (TPSA) is 90.3 Å². The molecule has 1 atom stereocenters. The fraction of sp³-hybridized carbons (Fsp3) is 0.154. The first kappa shape index (κ1) is 24.1. The minimum absolute atomic E-state index is 0.0684. The third kappa shape index (κ3) is 5.73. The molecule has 0 fully saturated rings. The maximum absolute atomic E-state index is 13.5. The highest BCUT2D eigenvalue weighted by atomic mass is 35.5. The van der Waals surface area contributed by atoms with Crippen molar-refractivity contribution in [3.05, 3.63) is 99.8 Å². The Morgan fingerprint density at radius 2 is 1.83 bits per heavy atom. The predicted octanol–water partition coefficient (Wildman–Crippen LogP) is 4.68. The molecular formula is C26H21ClFN3O4. The van der Waals surface area contributed by atoms with E-state index in [1.165, 1.54) is 35.8 Å². The third-order valence-corrected chi connectivity index (χ3v) is 5.49. The largest absolute Gasteiger partial charge is 0.453 e. The van der Waals surface area contributed by atoms with Crippen LogP contribution in [0.3, 0.4) is 0 Å². The summed E-state index contributed by atoms with van der Waals surface area (Å²) in [7, 11) is 0. The Kier molecular flexibility index (Phi) is 7.22. The Labute approximate surface area is 205 Å². The SMILES string of the molecule is C[C@@H](OC(=O)CCc1nc2ccccc2c(=O)n1-c1ccc(F)cc1)C(=O)Nc1cccc(Cl)c1. The molecule has 1 N–H and O–H groups in total. The molecule has 0 radical (unpaired) electrons. The van der Waals surface area contributed by atoms with E-state index in [4.69, 9.17) is 16.3 Å². The smallest absolute Gasteiger partial charge is 0.307 e. The molecule has 0 aliphatic rings. The molecular weight excluding hydrogens is 473 g/mol. The second kappa shape index (κ2) is 10.5. The summed E-state index contributed by atoms with van der Waals surface area (Å²) in [5.41, 5.74) is 1.05. The van der Waals surface area contributed by atoms with Crippen LogP contribution in [0.25, 0.3) is 16.6 Å². The number of para-hydroxylation sites is 1. The van der Waals surface area contributed by atoms with Gasteiger partial charge >= 0.3 is 5.97 Å². The standard InChI is InChI=1S/C26H21ClFN3O4/c1-16(25(33)29-19-6-4-5-17(27)15-19)35-24(32)14-13-23-30-22-8-3-2-7-21(22)26(34)31(23)20-11-9-18(28)10-12-20/h2-12,15-16H,13-14H2,1H3,(H,29,33)/t16-/m1/s1. The van der Waals surface area contributed by atoms with Crippen LogP contribution in [0.4, 0.5) is 10.1 Å². The number of hydrogen-bond acceptors (Lipinski definition) is 5. The van der Waals surface area contributed by atoms with Gasteiger partial charge < -0.3 is 10.1 Å². The van der Waals surface area contributed by atoms with Crippen molar-refractivity contribution < 1.29 is 18.7 Å². The van der Waals surface area contributed by atoms with Crippen LogP contribution in [0.1, 0.15) is 19.2 Å². The second-order valence-electron chi connectivity index (χ2n) is 7.79. The Bertz CT molecular complexity index is 1450. The van der Waals surface area contributed by atoms with Crippen LogP contribution in [-0.2, 0) is 20.7 Å². The number of fused-ring (bicyclic) bond motifs is 1. The maximum Gasteiger partial charge on any atom is 0.307 e. The molecule has 0 saturated heterocycles. The van der Waals surface area contributed by atoms with Crippen LogP contribution in [0, 0.1) is 5.82 Å². The lowest BCUT2D eigenvalue weighted by molar-refractivity contribution is -0.153. The van der Waals surface area contributed by atoms with Gasteiger partial charge in [0.25, 0.3) is 11.5 Å². The monoisotopic (exact) mass is 493 g/mol. The molecule has 0 unspecified atom stereocenters. The predicted molar refractivity (Wildman–Crippen MR) is 131 cm³/mol. The average Bonchev–Trinajstić information content (AvgIpc) is 2.83. The van der Waals surface area contributed by atoms with Crippen molar-refractivity contribution in [1.82, 2.24) is 9.55 Å². The third-order valence-electron chi connectivity index (χ3n) is 5.25. The van der Waals surface area contributed by atoms with Gasteiger partial charge in [-0.3, -0.25) is 19.0 Å². The van der Waals surface area contributed by atoms with Gasteiger partial charge in [0.15, 0.2) is 6.10 Å². The van der Waals surface area contributed by atoms with Crippen molar-refractivity contribution in [2.45, 2.75) is 25.9 Å². The molecule has 1 heterocycles.